The average molecular weight is 485 g/mol. The molecule has 1 saturated carbocycles. The summed E-state index contributed by atoms with van der Waals surface area (Å²) < 4.78 is 60.6. The smallest absolute Gasteiger partial charge is 0.398 e. The number of nitrogens with two attached hydrogens (primary N) is 1. The third kappa shape index (κ3) is 3.67. The van der Waals surface area contributed by atoms with E-state index in [1.165, 1.54) is 13.0 Å². The Balaban J connectivity index is 1.83. The van der Waals surface area contributed by atoms with Crippen molar-refractivity contribution < 1.29 is 32.0 Å². The molecule has 0 saturated heterocycles. The first-order valence-electron chi connectivity index (χ1n) is 9.79. The first-order chi connectivity index (χ1) is 15.3. The molecular formula is C22H17ClF4N2O4. The van der Waals surface area contributed by atoms with Gasteiger partial charge in [-0.2, -0.15) is 13.2 Å². The van der Waals surface area contributed by atoms with Crippen LogP contribution >= 0.6 is 11.6 Å². The van der Waals surface area contributed by atoms with Gasteiger partial charge in [0.25, 0.3) is 0 Å². The summed E-state index contributed by atoms with van der Waals surface area (Å²) in [4.78, 5) is 25.1. The molecule has 1 unspecified atom stereocenters. The molecule has 33 heavy (non-hydrogen) atoms. The van der Waals surface area contributed by atoms with Crippen LogP contribution in [0.5, 0.6) is 0 Å². The maximum atomic E-state index is 14.2. The van der Waals surface area contributed by atoms with E-state index in [-0.39, 0.29) is 39.9 Å². The monoisotopic (exact) mass is 484 g/mol. The summed E-state index contributed by atoms with van der Waals surface area (Å²) >= 11 is 6.06. The van der Waals surface area contributed by atoms with Gasteiger partial charge < -0.3 is 15.4 Å². The van der Waals surface area contributed by atoms with Gasteiger partial charge in [-0.3, -0.25) is 4.79 Å². The van der Waals surface area contributed by atoms with Crippen molar-refractivity contribution in [1.29, 1.82) is 0 Å². The number of benzene rings is 2. The largest absolute Gasteiger partial charge is 0.424 e. The quantitative estimate of drug-likeness (QED) is 0.314. The fourth-order valence-electron chi connectivity index (χ4n) is 4.22. The van der Waals surface area contributed by atoms with Crippen molar-refractivity contribution >= 4 is 33.8 Å². The predicted octanol–water partition coefficient (Wildman–Crippen LogP) is 4.47. The summed E-state index contributed by atoms with van der Waals surface area (Å²) in [6.07, 6.45) is -5.97. The standard InChI is InChI=1S/C22H17ClF4N2O4/c1-10-16-12(19(31)33-29-10)3-4-13(17(16)28)18(30)21(32,22(25,26)27)9-20(6-7-20)14-5-2-11(24)8-15(14)23/h2-5,8,32H,6-7,9,28H2,1H3. The average Bonchev–Trinajstić information content (AvgIpc) is 3.49. The number of carbonyl (C=O) groups is 1. The molecule has 0 bridgehead atoms. The third-order valence-electron chi connectivity index (χ3n) is 6.13. The van der Waals surface area contributed by atoms with Crippen LogP contribution in [0.3, 0.4) is 0 Å². The maximum absolute atomic E-state index is 14.2. The van der Waals surface area contributed by atoms with Gasteiger partial charge in [0, 0.05) is 27.8 Å². The van der Waals surface area contributed by atoms with Gasteiger partial charge in [0.1, 0.15) is 5.82 Å². The number of hydrogen-bond acceptors (Lipinski definition) is 6. The lowest BCUT2D eigenvalue weighted by Crippen LogP contribution is -2.54. The van der Waals surface area contributed by atoms with Gasteiger partial charge in [0.15, 0.2) is 0 Å². The number of aryl methyl sites for hydroxylation is 1. The number of anilines is 1. The number of nitrogens with zero attached hydrogens (tertiary/aromatic N) is 1. The Morgan fingerprint density at radius 2 is 1.94 bits per heavy atom. The summed E-state index contributed by atoms with van der Waals surface area (Å²) in [6.45, 7) is 1.40. The molecular weight excluding hydrogens is 468 g/mol. The summed E-state index contributed by atoms with van der Waals surface area (Å²) in [5, 5.41) is 14.1. The molecule has 6 nitrogen and oxygen atoms in total. The van der Waals surface area contributed by atoms with Crippen molar-refractivity contribution in [2.75, 3.05) is 5.73 Å². The minimum atomic E-state index is -5.36. The van der Waals surface area contributed by atoms with Crippen molar-refractivity contribution in [1.82, 2.24) is 5.16 Å². The Morgan fingerprint density at radius 3 is 2.52 bits per heavy atom. The number of alkyl halides is 3. The van der Waals surface area contributed by atoms with Gasteiger partial charge in [0.2, 0.25) is 11.4 Å². The van der Waals surface area contributed by atoms with Crippen LogP contribution in [0.4, 0.5) is 23.2 Å². The number of carbonyl (C=O) groups excluding carboxylic acids is 1. The van der Waals surface area contributed by atoms with Crippen LogP contribution in [0.1, 0.15) is 40.9 Å². The normalized spacial score (nSPS) is 17.1. The van der Waals surface area contributed by atoms with E-state index in [2.05, 4.69) is 9.68 Å². The van der Waals surface area contributed by atoms with Crippen molar-refractivity contribution in [3.05, 3.63) is 68.4 Å². The topological polar surface area (TPSA) is 106 Å². The van der Waals surface area contributed by atoms with Crippen molar-refractivity contribution in [2.24, 2.45) is 0 Å². The molecule has 0 amide bonds. The highest BCUT2D eigenvalue weighted by molar-refractivity contribution is 6.31. The number of halogens is 5. The SMILES string of the molecule is Cc1noc(=O)c2ccc(C(=O)C(O)(CC3(c4ccc(F)cc4Cl)CC3)C(F)(F)F)c(N)c12. The second kappa shape index (κ2) is 7.53. The van der Waals surface area contributed by atoms with E-state index >= 15 is 0 Å². The number of fused-ring (bicyclic) bond motifs is 1. The van der Waals surface area contributed by atoms with E-state index in [4.69, 9.17) is 17.3 Å². The van der Waals surface area contributed by atoms with E-state index in [9.17, 15) is 32.3 Å². The zero-order valence-electron chi connectivity index (χ0n) is 17.1. The van der Waals surface area contributed by atoms with Crippen LogP contribution < -0.4 is 11.4 Å². The van der Waals surface area contributed by atoms with E-state index in [0.717, 1.165) is 24.3 Å². The number of nitrogen functional groups attached to an aromatic ring is 1. The number of hydrogen-bond donors (Lipinski definition) is 2. The minimum Gasteiger partial charge on any atom is -0.398 e. The molecule has 11 heteroatoms. The third-order valence-corrected chi connectivity index (χ3v) is 6.44. The molecule has 0 spiro atoms. The molecule has 1 aromatic heterocycles. The van der Waals surface area contributed by atoms with Gasteiger partial charge in [0.05, 0.1) is 16.8 Å². The Morgan fingerprint density at radius 1 is 1.27 bits per heavy atom. The molecule has 1 fully saturated rings. The first kappa shape index (κ1) is 23.2. The summed E-state index contributed by atoms with van der Waals surface area (Å²) in [6, 6.07) is 5.31. The molecule has 3 aromatic rings. The summed E-state index contributed by atoms with van der Waals surface area (Å²) in [5.74, 6) is -2.34. The number of aromatic nitrogens is 1. The lowest BCUT2D eigenvalue weighted by atomic mass is 9.78. The van der Waals surface area contributed by atoms with E-state index in [1.807, 2.05) is 0 Å². The molecule has 2 aromatic carbocycles. The zero-order valence-corrected chi connectivity index (χ0v) is 17.9. The molecule has 174 valence electrons. The number of aliphatic hydroxyl groups is 1. The van der Waals surface area contributed by atoms with Crippen LogP contribution in [0.25, 0.3) is 10.8 Å². The fraction of sp³-hybridized carbons (Fsp3) is 0.318. The highest BCUT2D eigenvalue weighted by atomic mass is 35.5. The Kier molecular flexibility index (Phi) is 5.29. The van der Waals surface area contributed by atoms with E-state index < -0.39 is 52.1 Å². The lowest BCUT2D eigenvalue weighted by molar-refractivity contribution is -0.241. The van der Waals surface area contributed by atoms with Crippen LogP contribution in [-0.2, 0) is 5.41 Å². The van der Waals surface area contributed by atoms with Crippen LogP contribution in [-0.4, -0.2) is 27.8 Å². The van der Waals surface area contributed by atoms with Gasteiger partial charge in [-0.05, 0) is 49.6 Å². The van der Waals surface area contributed by atoms with Crippen LogP contribution in [0.15, 0.2) is 39.6 Å². The van der Waals surface area contributed by atoms with Gasteiger partial charge >= 0.3 is 11.8 Å². The maximum Gasteiger partial charge on any atom is 0.424 e. The highest BCUT2D eigenvalue weighted by Crippen LogP contribution is 2.57. The summed E-state index contributed by atoms with van der Waals surface area (Å²) in [5.41, 5.74) is -0.726. The predicted molar refractivity (Wildman–Crippen MR) is 112 cm³/mol. The molecule has 1 aliphatic carbocycles. The number of Topliss-reactive ketones (excluding diaryl/α,β-unsaturated/α-hetero) is 1. The van der Waals surface area contributed by atoms with Crippen molar-refractivity contribution in [2.45, 2.75) is 43.4 Å². The second-order valence-electron chi connectivity index (χ2n) is 8.27. The fourth-order valence-corrected chi connectivity index (χ4v) is 4.58. The van der Waals surface area contributed by atoms with Crippen LogP contribution in [0, 0.1) is 12.7 Å². The lowest BCUT2D eigenvalue weighted by Gasteiger charge is -2.33. The molecule has 1 aliphatic rings. The number of rotatable bonds is 5. The van der Waals surface area contributed by atoms with E-state index in [1.54, 1.807) is 0 Å². The molecule has 1 atom stereocenters. The molecule has 3 N–H and O–H groups in total. The molecule has 0 radical (unpaired) electrons. The molecule has 1 heterocycles. The zero-order chi connectivity index (χ0) is 24.3. The van der Waals surface area contributed by atoms with Gasteiger partial charge in [-0.1, -0.05) is 22.8 Å². The first-order valence-corrected chi connectivity index (χ1v) is 10.2. The Labute approximate surface area is 188 Å². The molecule has 0 aliphatic heterocycles. The van der Waals surface area contributed by atoms with Gasteiger partial charge in [-0.25, -0.2) is 9.18 Å². The minimum absolute atomic E-state index is 0.0376. The van der Waals surface area contributed by atoms with Crippen molar-refractivity contribution in [3.63, 3.8) is 0 Å². The Bertz CT molecular complexity index is 1350. The summed E-state index contributed by atoms with van der Waals surface area (Å²) in [7, 11) is 0. The van der Waals surface area contributed by atoms with Crippen LogP contribution in [0.2, 0.25) is 5.02 Å². The Hall–Kier alpha value is -2.98. The van der Waals surface area contributed by atoms with E-state index in [0.29, 0.717) is 0 Å². The number of ketones is 1. The molecule has 4 rings (SSSR count). The highest BCUT2D eigenvalue weighted by Gasteiger charge is 2.65. The second-order valence-corrected chi connectivity index (χ2v) is 8.68. The van der Waals surface area contributed by atoms with Gasteiger partial charge in [-0.15, -0.1) is 0 Å². The van der Waals surface area contributed by atoms with Crippen molar-refractivity contribution in [3.8, 4) is 0 Å².